The van der Waals surface area contributed by atoms with Crippen molar-refractivity contribution in [1.82, 2.24) is 5.32 Å². The van der Waals surface area contributed by atoms with Crippen LogP contribution in [0.2, 0.25) is 0 Å². The lowest BCUT2D eigenvalue weighted by molar-refractivity contribution is -0.122. The molecule has 0 saturated heterocycles. The third kappa shape index (κ3) is 4.21. The van der Waals surface area contributed by atoms with Crippen LogP contribution in [0.15, 0.2) is 24.3 Å². The summed E-state index contributed by atoms with van der Waals surface area (Å²) in [7, 11) is 0. The number of nitrogens with zero attached hydrogens (tertiary/aromatic N) is 1. The van der Waals surface area contributed by atoms with Gasteiger partial charge in [0.15, 0.2) is 6.61 Å². The maximum Gasteiger partial charge on any atom is 0.265 e. The SMILES string of the molecule is CC(C)CCNC(=O)CCN1C(=O)COc2ccccc21. The van der Waals surface area contributed by atoms with Gasteiger partial charge >= 0.3 is 0 Å². The third-order valence-corrected chi connectivity index (χ3v) is 3.41. The second-order valence-electron chi connectivity index (χ2n) is 5.58. The molecule has 0 bridgehead atoms. The number of amides is 2. The summed E-state index contributed by atoms with van der Waals surface area (Å²) in [4.78, 5) is 25.4. The highest BCUT2D eigenvalue weighted by Crippen LogP contribution is 2.31. The van der Waals surface area contributed by atoms with Crippen LogP contribution in [-0.4, -0.2) is 31.5 Å². The lowest BCUT2D eigenvalue weighted by atomic mass is 10.1. The van der Waals surface area contributed by atoms with Crippen molar-refractivity contribution < 1.29 is 14.3 Å². The van der Waals surface area contributed by atoms with Crippen LogP contribution in [0.1, 0.15) is 26.7 Å². The third-order valence-electron chi connectivity index (χ3n) is 3.41. The second kappa shape index (κ2) is 7.11. The number of fused-ring (bicyclic) bond motifs is 1. The fraction of sp³-hybridized carbons (Fsp3) is 0.500. The van der Waals surface area contributed by atoms with Crippen molar-refractivity contribution >= 4 is 17.5 Å². The lowest BCUT2D eigenvalue weighted by Gasteiger charge is -2.29. The van der Waals surface area contributed by atoms with Crippen LogP contribution < -0.4 is 15.0 Å². The molecular formula is C16H22N2O3. The quantitative estimate of drug-likeness (QED) is 0.871. The van der Waals surface area contributed by atoms with Crippen molar-refractivity contribution in [3.63, 3.8) is 0 Å². The van der Waals surface area contributed by atoms with Crippen LogP contribution in [0.25, 0.3) is 0 Å². The number of para-hydroxylation sites is 2. The fourth-order valence-corrected chi connectivity index (χ4v) is 2.20. The zero-order chi connectivity index (χ0) is 15.2. The predicted octanol–water partition coefficient (Wildman–Crippen LogP) is 1.96. The summed E-state index contributed by atoms with van der Waals surface area (Å²) >= 11 is 0. The normalized spacial score (nSPS) is 13.9. The predicted molar refractivity (Wildman–Crippen MR) is 81.4 cm³/mol. The molecule has 114 valence electrons. The molecule has 0 saturated carbocycles. The van der Waals surface area contributed by atoms with Crippen LogP contribution in [0, 0.1) is 5.92 Å². The van der Waals surface area contributed by atoms with Gasteiger partial charge in [-0.1, -0.05) is 26.0 Å². The Morgan fingerprint density at radius 2 is 2.14 bits per heavy atom. The van der Waals surface area contributed by atoms with Crippen molar-refractivity contribution in [1.29, 1.82) is 0 Å². The molecule has 0 aliphatic carbocycles. The summed E-state index contributed by atoms with van der Waals surface area (Å²) in [5.41, 5.74) is 0.740. The number of hydrogen-bond donors (Lipinski definition) is 1. The van der Waals surface area contributed by atoms with E-state index >= 15 is 0 Å². The molecule has 1 N–H and O–H groups in total. The van der Waals surface area contributed by atoms with Gasteiger partial charge in [0.25, 0.3) is 5.91 Å². The molecule has 0 spiro atoms. The van der Waals surface area contributed by atoms with Gasteiger partial charge < -0.3 is 15.0 Å². The van der Waals surface area contributed by atoms with Crippen LogP contribution in [0.3, 0.4) is 0 Å². The average molecular weight is 290 g/mol. The molecule has 1 aromatic carbocycles. The smallest absolute Gasteiger partial charge is 0.265 e. The maximum atomic E-state index is 11.9. The van der Waals surface area contributed by atoms with Crippen LogP contribution in [0.5, 0.6) is 5.75 Å². The molecule has 5 heteroatoms. The highest BCUT2D eigenvalue weighted by molar-refractivity contribution is 5.98. The summed E-state index contributed by atoms with van der Waals surface area (Å²) in [6, 6.07) is 7.39. The van der Waals surface area contributed by atoms with Gasteiger partial charge in [0.05, 0.1) is 5.69 Å². The number of carbonyl (C=O) groups excluding carboxylic acids is 2. The summed E-state index contributed by atoms with van der Waals surface area (Å²) < 4.78 is 5.37. The first-order chi connectivity index (χ1) is 10.1. The van der Waals surface area contributed by atoms with E-state index in [1.54, 1.807) is 4.90 Å². The number of rotatable bonds is 6. The van der Waals surface area contributed by atoms with E-state index in [9.17, 15) is 9.59 Å². The van der Waals surface area contributed by atoms with E-state index in [0.29, 0.717) is 31.2 Å². The van der Waals surface area contributed by atoms with Gasteiger partial charge in [-0.3, -0.25) is 9.59 Å². The molecule has 0 atom stereocenters. The highest BCUT2D eigenvalue weighted by atomic mass is 16.5. The monoisotopic (exact) mass is 290 g/mol. The van der Waals surface area contributed by atoms with E-state index in [2.05, 4.69) is 19.2 Å². The number of nitrogens with one attached hydrogen (secondary N) is 1. The highest BCUT2D eigenvalue weighted by Gasteiger charge is 2.25. The molecule has 1 aliphatic rings. The summed E-state index contributed by atoms with van der Waals surface area (Å²) in [5, 5.41) is 2.88. The molecular weight excluding hydrogens is 268 g/mol. The van der Waals surface area contributed by atoms with Crippen molar-refractivity contribution in [2.45, 2.75) is 26.7 Å². The Balaban J connectivity index is 1.88. The van der Waals surface area contributed by atoms with E-state index in [4.69, 9.17) is 4.74 Å². The summed E-state index contributed by atoms with van der Waals surface area (Å²) in [6.45, 7) is 5.34. The Hall–Kier alpha value is -2.04. The molecule has 0 fully saturated rings. The Morgan fingerprint density at radius 3 is 2.90 bits per heavy atom. The average Bonchev–Trinajstić information content (AvgIpc) is 2.46. The van der Waals surface area contributed by atoms with Crippen molar-refractivity contribution in [3.05, 3.63) is 24.3 Å². The van der Waals surface area contributed by atoms with E-state index in [-0.39, 0.29) is 18.4 Å². The number of hydrogen-bond acceptors (Lipinski definition) is 3. The Morgan fingerprint density at radius 1 is 1.38 bits per heavy atom. The molecule has 2 rings (SSSR count). The molecule has 0 radical (unpaired) electrons. The van der Waals surface area contributed by atoms with Gasteiger partial charge in [-0.05, 0) is 24.5 Å². The molecule has 2 amide bonds. The minimum absolute atomic E-state index is 0.0209. The standard InChI is InChI=1S/C16H22N2O3/c1-12(2)7-9-17-15(19)8-10-18-13-5-3-4-6-14(13)21-11-16(18)20/h3-6,12H,7-11H2,1-2H3,(H,17,19). The van der Waals surface area contributed by atoms with Gasteiger partial charge in [0.1, 0.15) is 5.75 Å². The van der Waals surface area contributed by atoms with Gasteiger partial charge in [-0.2, -0.15) is 0 Å². The molecule has 1 heterocycles. The minimum atomic E-state index is -0.108. The Kier molecular flexibility index (Phi) is 5.20. The van der Waals surface area contributed by atoms with E-state index in [1.165, 1.54) is 0 Å². The zero-order valence-electron chi connectivity index (χ0n) is 12.6. The van der Waals surface area contributed by atoms with Crippen LogP contribution in [-0.2, 0) is 9.59 Å². The van der Waals surface area contributed by atoms with E-state index in [0.717, 1.165) is 12.1 Å². The van der Waals surface area contributed by atoms with Gasteiger partial charge in [0, 0.05) is 19.5 Å². The van der Waals surface area contributed by atoms with E-state index in [1.807, 2.05) is 24.3 Å². The Labute approximate surface area is 125 Å². The molecule has 1 aromatic rings. The molecule has 0 unspecified atom stereocenters. The number of ether oxygens (including phenoxy) is 1. The first-order valence-electron chi connectivity index (χ1n) is 7.37. The topological polar surface area (TPSA) is 58.6 Å². The van der Waals surface area contributed by atoms with Gasteiger partial charge in [-0.25, -0.2) is 0 Å². The van der Waals surface area contributed by atoms with Crippen molar-refractivity contribution in [2.75, 3.05) is 24.6 Å². The number of benzene rings is 1. The fourth-order valence-electron chi connectivity index (χ4n) is 2.20. The zero-order valence-corrected chi connectivity index (χ0v) is 12.6. The maximum absolute atomic E-state index is 11.9. The van der Waals surface area contributed by atoms with Crippen LogP contribution >= 0.6 is 0 Å². The Bertz CT molecular complexity index is 514. The number of carbonyl (C=O) groups is 2. The first kappa shape index (κ1) is 15.4. The van der Waals surface area contributed by atoms with Crippen molar-refractivity contribution in [2.24, 2.45) is 5.92 Å². The lowest BCUT2D eigenvalue weighted by Crippen LogP contribution is -2.41. The second-order valence-corrected chi connectivity index (χ2v) is 5.58. The van der Waals surface area contributed by atoms with E-state index < -0.39 is 0 Å². The summed E-state index contributed by atoms with van der Waals surface area (Å²) in [5.74, 6) is 1.13. The summed E-state index contributed by atoms with van der Waals surface area (Å²) in [6.07, 6.45) is 1.27. The van der Waals surface area contributed by atoms with Crippen molar-refractivity contribution in [3.8, 4) is 5.75 Å². The number of anilines is 1. The first-order valence-corrected chi connectivity index (χ1v) is 7.37. The minimum Gasteiger partial charge on any atom is -0.482 e. The molecule has 1 aliphatic heterocycles. The largest absolute Gasteiger partial charge is 0.482 e. The molecule has 21 heavy (non-hydrogen) atoms. The van der Waals surface area contributed by atoms with Gasteiger partial charge in [0.2, 0.25) is 5.91 Å². The van der Waals surface area contributed by atoms with Crippen LogP contribution in [0.4, 0.5) is 5.69 Å². The molecule has 0 aromatic heterocycles. The van der Waals surface area contributed by atoms with Gasteiger partial charge in [-0.15, -0.1) is 0 Å². The molecule has 5 nitrogen and oxygen atoms in total.